The van der Waals surface area contributed by atoms with Crippen LogP contribution in [0.4, 0.5) is 0 Å². The van der Waals surface area contributed by atoms with Crippen molar-refractivity contribution in [3.05, 3.63) is 71.8 Å². The zero-order valence-corrected chi connectivity index (χ0v) is 13.4. The lowest BCUT2D eigenvalue weighted by Gasteiger charge is -2.26. The first kappa shape index (κ1) is 15.8. The average molecular weight is 308 g/mol. The Morgan fingerprint density at radius 1 is 1.00 bits per heavy atom. The van der Waals surface area contributed by atoms with Gasteiger partial charge in [-0.1, -0.05) is 60.7 Å². The summed E-state index contributed by atoms with van der Waals surface area (Å²) in [5.74, 6) is 0.328. The van der Waals surface area contributed by atoms with E-state index in [1.165, 1.54) is 11.1 Å². The van der Waals surface area contributed by atoms with Gasteiger partial charge in [0.25, 0.3) is 0 Å². The number of benzene rings is 2. The van der Waals surface area contributed by atoms with Crippen LogP contribution in [0.3, 0.4) is 0 Å². The Labute approximate surface area is 138 Å². The van der Waals surface area contributed by atoms with E-state index in [9.17, 15) is 4.79 Å². The summed E-state index contributed by atoms with van der Waals surface area (Å²) in [6, 6.07) is 20.6. The molecular weight excluding hydrogens is 284 g/mol. The first-order chi connectivity index (χ1) is 11.3. The van der Waals surface area contributed by atoms with Gasteiger partial charge >= 0.3 is 0 Å². The topological polar surface area (TPSA) is 41.1 Å². The van der Waals surface area contributed by atoms with Crippen molar-refractivity contribution in [2.24, 2.45) is 5.92 Å². The van der Waals surface area contributed by atoms with E-state index in [1.54, 1.807) is 0 Å². The van der Waals surface area contributed by atoms with E-state index < -0.39 is 0 Å². The van der Waals surface area contributed by atoms with Gasteiger partial charge in [-0.05, 0) is 43.5 Å². The van der Waals surface area contributed by atoms with Crippen molar-refractivity contribution in [2.75, 3.05) is 13.1 Å². The second-order valence-electron chi connectivity index (χ2n) is 6.19. The Morgan fingerprint density at radius 2 is 1.61 bits per heavy atom. The van der Waals surface area contributed by atoms with E-state index in [0.717, 1.165) is 32.4 Å². The summed E-state index contributed by atoms with van der Waals surface area (Å²) in [5, 5.41) is 6.60. The number of piperidine rings is 1. The molecule has 0 spiro atoms. The van der Waals surface area contributed by atoms with Crippen molar-refractivity contribution in [3.63, 3.8) is 0 Å². The summed E-state index contributed by atoms with van der Waals surface area (Å²) in [6.45, 7) is 1.87. The standard InChI is InChI=1S/C20H24N2O/c23-20(18-11-13-21-14-12-18)22-19(17-9-5-2-6-10-17)15-16-7-3-1-4-8-16/h1-10,18-19,21H,11-15H2,(H,22,23). The Balaban J connectivity index is 1.73. The Hall–Kier alpha value is -2.13. The van der Waals surface area contributed by atoms with Crippen LogP contribution < -0.4 is 10.6 Å². The molecule has 0 radical (unpaired) electrons. The third kappa shape index (κ3) is 4.42. The van der Waals surface area contributed by atoms with Crippen molar-refractivity contribution in [2.45, 2.75) is 25.3 Å². The van der Waals surface area contributed by atoms with Gasteiger partial charge in [0.2, 0.25) is 5.91 Å². The molecule has 1 aliphatic heterocycles. The van der Waals surface area contributed by atoms with E-state index in [1.807, 2.05) is 36.4 Å². The lowest BCUT2D eigenvalue weighted by atomic mass is 9.94. The Bertz CT molecular complexity index is 606. The molecule has 120 valence electrons. The average Bonchev–Trinajstić information content (AvgIpc) is 2.63. The van der Waals surface area contributed by atoms with Crippen LogP contribution in [0.5, 0.6) is 0 Å². The third-order valence-electron chi connectivity index (χ3n) is 4.51. The maximum absolute atomic E-state index is 12.6. The van der Waals surface area contributed by atoms with E-state index in [4.69, 9.17) is 0 Å². The zero-order chi connectivity index (χ0) is 15.9. The molecule has 2 aromatic carbocycles. The summed E-state index contributed by atoms with van der Waals surface area (Å²) in [4.78, 5) is 12.6. The molecule has 0 aliphatic carbocycles. The van der Waals surface area contributed by atoms with Crippen molar-refractivity contribution in [1.82, 2.24) is 10.6 Å². The van der Waals surface area contributed by atoms with E-state index in [0.29, 0.717) is 0 Å². The molecule has 1 amide bonds. The smallest absolute Gasteiger partial charge is 0.223 e. The molecule has 2 N–H and O–H groups in total. The van der Waals surface area contributed by atoms with E-state index in [-0.39, 0.29) is 17.9 Å². The zero-order valence-electron chi connectivity index (χ0n) is 13.4. The number of hydrogen-bond acceptors (Lipinski definition) is 2. The number of amides is 1. The first-order valence-electron chi connectivity index (χ1n) is 8.43. The van der Waals surface area contributed by atoms with Gasteiger partial charge in [-0.25, -0.2) is 0 Å². The Morgan fingerprint density at radius 3 is 2.26 bits per heavy atom. The molecule has 1 heterocycles. The maximum atomic E-state index is 12.6. The van der Waals surface area contributed by atoms with Gasteiger partial charge in [-0.2, -0.15) is 0 Å². The van der Waals surface area contributed by atoms with Crippen LogP contribution in [-0.4, -0.2) is 19.0 Å². The van der Waals surface area contributed by atoms with Crippen LogP contribution in [0.25, 0.3) is 0 Å². The molecular formula is C20H24N2O. The fraction of sp³-hybridized carbons (Fsp3) is 0.350. The molecule has 1 saturated heterocycles. The number of carbonyl (C=O) groups is 1. The van der Waals surface area contributed by atoms with Crippen molar-refractivity contribution in [3.8, 4) is 0 Å². The van der Waals surface area contributed by atoms with Gasteiger partial charge < -0.3 is 10.6 Å². The fourth-order valence-corrected chi connectivity index (χ4v) is 3.16. The molecule has 3 heteroatoms. The normalized spacial score (nSPS) is 16.7. The predicted octanol–water partition coefficient (Wildman–Crippen LogP) is 3.09. The highest BCUT2D eigenvalue weighted by atomic mass is 16.1. The predicted molar refractivity (Wildman–Crippen MR) is 93.1 cm³/mol. The third-order valence-corrected chi connectivity index (χ3v) is 4.51. The maximum Gasteiger partial charge on any atom is 0.223 e. The summed E-state index contributed by atoms with van der Waals surface area (Å²) < 4.78 is 0. The van der Waals surface area contributed by atoms with Crippen molar-refractivity contribution in [1.29, 1.82) is 0 Å². The first-order valence-corrected chi connectivity index (χ1v) is 8.43. The number of carbonyl (C=O) groups excluding carboxylic acids is 1. The van der Waals surface area contributed by atoms with Gasteiger partial charge in [0.15, 0.2) is 0 Å². The fourth-order valence-electron chi connectivity index (χ4n) is 3.16. The monoisotopic (exact) mass is 308 g/mol. The lowest BCUT2D eigenvalue weighted by molar-refractivity contribution is -0.126. The van der Waals surface area contributed by atoms with Gasteiger partial charge in [0.05, 0.1) is 6.04 Å². The number of rotatable bonds is 5. The van der Waals surface area contributed by atoms with Crippen LogP contribution in [0.15, 0.2) is 60.7 Å². The number of nitrogens with one attached hydrogen (secondary N) is 2. The van der Waals surface area contributed by atoms with Gasteiger partial charge in [0.1, 0.15) is 0 Å². The van der Waals surface area contributed by atoms with Crippen LogP contribution in [0, 0.1) is 5.92 Å². The largest absolute Gasteiger partial charge is 0.349 e. The van der Waals surface area contributed by atoms with E-state index >= 15 is 0 Å². The second kappa shape index (κ2) is 7.93. The molecule has 1 aliphatic rings. The summed E-state index contributed by atoms with van der Waals surface area (Å²) in [7, 11) is 0. The number of hydrogen-bond donors (Lipinski definition) is 2. The second-order valence-corrected chi connectivity index (χ2v) is 6.19. The van der Waals surface area contributed by atoms with Crippen LogP contribution in [0.2, 0.25) is 0 Å². The van der Waals surface area contributed by atoms with Crippen molar-refractivity contribution >= 4 is 5.91 Å². The van der Waals surface area contributed by atoms with Gasteiger partial charge in [-0.15, -0.1) is 0 Å². The molecule has 0 aromatic heterocycles. The highest BCUT2D eigenvalue weighted by Crippen LogP contribution is 2.20. The lowest BCUT2D eigenvalue weighted by Crippen LogP contribution is -2.40. The molecule has 2 aromatic rings. The molecule has 0 bridgehead atoms. The molecule has 1 atom stereocenters. The summed E-state index contributed by atoms with van der Waals surface area (Å²) >= 11 is 0. The minimum Gasteiger partial charge on any atom is -0.349 e. The summed E-state index contributed by atoms with van der Waals surface area (Å²) in [5.41, 5.74) is 2.41. The molecule has 0 saturated carbocycles. The highest BCUT2D eigenvalue weighted by molar-refractivity contribution is 5.79. The highest BCUT2D eigenvalue weighted by Gasteiger charge is 2.24. The van der Waals surface area contributed by atoms with Crippen LogP contribution in [-0.2, 0) is 11.2 Å². The SMILES string of the molecule is O=C(NC(Cc1ccccc1)c1ccccc1)C1CCNCC1. The molecule has 3 nitrogen and oxygen atoms in total. The van der Waals surface area contributed by atoms with Crippen LogP contribution >= 0.6 is 0 Å². The van der Waals surface area contributed by atoms with Crippen LogP contribution in [0.1, 0.15) is 30.0 Å². The minimum absolute atomic E-state index is 0.0287. The summed E-state index contributed by atoms with van der Waals surface area (Å²) in [6.07, 6.45) is 2.68. The minimum atomic E-state index is 0.0287. The molecule has 1 unspecified atom stereocenters. The molecule has 23 heavy (non-hydrogen) atoms. The van der Waals surface area contributed by atoms with Gasteiger partial charge in [0, 0.05) is 5.92 Å². The molecule has 3 rings (SSSR count). The van der Waals surface area contributed by atoms with Crippen molar-refractivity contribution < 1.29 is 4.79 Å². The van der Waals surface area contributed by atoms with Gasteiger partial charge in [-0.3, -0.25) is 4.79 Å². The Kier molecular flexibility index (Phi) is 5.43. The quantitative estimate of drug-likeness (QED) is 0.891. The molecule has 1 fully saturated rings. The van der Waals surface area contributed by atoms with E-state index in [2.05, 4.69) is 34.9 Å².